The van der Waals surface area contributed by atoms with E-state index in [1.807, 2.05) is 50.3 Å². The van der Waals surface area contributed by atoms with Gasteiger partial charge in [-0.3, -0.25) is 0 Å². The quantitative estimate of drug-likeness (QED) is 0.827. The Kier molecular flexibility index (Phi) is 6.68. The Morgan fingerprint density at radius 1 is 1.37 bits per heavy atom. The normalized spacial score (nSPS) is 10.9. The summed E-state index contributed by atoms with van der Waals surface area (Å²) < 4.78 is 0. The van der Waals surface area contributed by atoms with Gasteiger partial charge in [0.05, 0.1) is 6.61 Å². The molecule has 1 rings (SSSR count). The average Bonchev–Trinajstić information content (AvgIpc) is 2.39. The maximum absolute atomic E-state index is 12.0. The number of aliphatic hydroxyl groups is 1. The fourth-order valence-electron chi connectivity index (χ4n) is 1.58. The van der Waals surface area contributed by atoms with E-state index in [4.69, 9.17) is 5.11 Å². The van der Waals surface area contributed by atoms with Gasteiger partial charge in [-0.2, -0.15) is 0 Å². The van der Waals surface area contributed by atoms with Crippen molar-refractivity contribution >= 4 is 6.03 Å². The molecule has 4 nitrogen and oxygen atoms in total. The van der Waals surface area contributed by atoms with Gasteiger partial charge in [0.15, 0.2) is 0 Å². The minimum atomic E-state index is -0.199. The molecule has 0 heterocycles. The molecule has 0 radical (unpaired) electrons. The number of hydrogen-bond acceptors (Lipinski definition) is 2. The molecule has 0 bridgehead atoms. The topological polar surface area (TPSA) is 52.6 Å². The van der Waals surface area contributed by atoms with E-state index in [1.54, 1.807) is 11.1 Å². The Balaban J connectivity index is 2.58. The van der Waals surface area contributed by atoms with Gasteiger partial charge in [-0.05, 0) is 11.5 Å². The summed E-state index contributed by atoms with van der Waals surface area (Å²) in [6, 6.07) is 9.52. The van der Waals surface area contributed by atoms with Crippen molar-refractivity contribution in [2.75, 3.05) is 13.2 Å². The lowest BCUT2D eigenvalue weighted by Crippen LogP contribution is -2.38. The molecular weight excluding hydrogens is 240 g/mol. The molecule has 0 aromatic heterocycles. The van der Waals surface area contributed by atoms with Crippen molar-refractivity contribution in [1.29, 1.82) is 0 Å². The van der Waals surface area contributed by atoms with Crippen LogP contribution in [0.1, 0.15) is 19.4 Å². The second-order valence-corrected chi connectivity index (χ2v) is 4.68. The third kappa shape index (κ3) is 6.06. The SMILES string of the molecule is CC(C)/C=C/NC(=O)N(CCO)Cc1ccccc1. The van der Waals surface area contributed by atoms with Gasteiger partial charge in [0.2, 0.25) is 0 Å². The van der Waals surface area contributed by atoms with Crippen molar-refractivity contribution in [2.45, 2.75) is 20.4 Å². The van der Waals surface area contributed by atoms with Crippen molar-refractivity contribution in [3.05, 3.63) is 48.2 Å². The molecule has 1 aromatic rings. The number of carbonyl (C=O) groups excluding carboxylic acids is 1. The number of hydrogen-bond donors (Lipinski definition) is 2. The summed E-state index contributed by atoms with van der Waals surface area (Å²) >= 11 is 0. The molecule has 0 spiro atoms. The highest BCUT2D eigenvalue weighted by Crippen LogP contribution is 2.04. The zero-order valence-electron chi connectivity index (χ0n) is 11.5. The summed E-state index contributed by atoms with van der Waals surface area (Å²) in [7, 11) is 0. The number of carbonyl (C=O) groups is 1. The second-order valence-electron chi connectivity index (χ2n) is 4.68. The molecule has 2 N–H and O–H groups in total. The van der Waals surface area contributed by atoms with Gasteiger partial charge in [0, 0.05) is 19.3 Å². The van der Waals surface area contributed by atoms with Crippen LogP contribution in [0.3, 0.4) is 0 Å². The third-order valence-electron chi connectivity index (χ3n) is 2.56. The maximum Gasteiger partial charge on any atom is 0.321 e. The Hall–Kier alpha value is -1.81. The molecule has 0 fully saturated rings. The first-order valence-electron chi connectivity index (χ1n) is 6.50. The van der Waals surface area contributed by atoms with Gasteiger partial charge in [-0.15, -0.1) is 0 Å². The number of aliphatic hydroxyl groups excluding tert-OH is 1. The van der Waals surface area contributed by atoms with Crippen LogP contribution in [0.25, 0.3) is 0 Å². The minimum absolute atomic E-state index is 0.0475. The smallest absolute Gasteiger partial charge is 0.321 e. The number of nitrogens with one attached hydrogen (secondary N) is 1. The van der Waals surface area contributed by atoms with Crippen molar-refractivity contribution < 1.29 is 9.90 Å². The molecule has 1 aromatic carbocycles. The standard InChI is InChI=1S/C15H22N2O2/c1-13(2)8-9-16-15(19)17(10-11-18)12-14-6-4-3-5-7-14/h3-9,13,18H,10-12H2,1-2H3,(H,16,19)/b9-8+. The molecule has 2 amide bonds. The van der Waals surface area contributed by atoms with Crippen molar-refractivity contribution in [1.82, 2.24) is 10.2 Å². The molecule has 0 atom stereocenters. The van der Waals surface area contributed by atoms with Crippen LogP contribution < -0.4 is 5.32 Å². The number of benzene rings is 1. The third-order valence-corrected chi connectivity index (χ3v) is 2.56. The number of nitrogens with zero attached hydrogens (tertiary/aromatic N) is 1. The van der Waals surface area contributed by atoms with E-state index in [0.717, 1.165) is 5.56 Å². The van der Waals surface area contributed by atoms with E-state index in [9.17, 15) is 4.79 Å². The fraction of sp³-hybridized carbons (Fsp3) is 0.400. The summed E-state index contributed by atoms with van der Waals surface area (Å²) in [5.41, 5.74) is 1.04. The lowest BCUT2D eigenvalue weighted by molar-refractivity contribution is 0.177. The fourth-order valence-corrected chi connectivity index (χ4v) is 1.58. The molecule has 0 aliphatic heterocycles. The monoisotopic (exact) mass is 262 g/mol. The van der Waals surface area contributed by atoms with Gasteiger partial charge in [0.25, 0.3) is 0 Å². The average molecular weight is 262 g/mol. The molecule has 19 heavy (non-hydrogen) atoms. The van der Waals surface area contributed by atoms with Gasteiger partial charge in [-0.1, -0.05) is 50.3 Å². The summed E-state index contributed by atoms with van der Waals surface area (Å²) in [4.78, 5) is 13.6. The van der Waals surface area contributed by atoms with E-state index in [-0.39, 0.29) is 12.6 Å². The Morgan fingerprint density at radius 2 is 2.05 bits per heavy atom. The van der Waals surface area contributed by atoms with Gasteiger partial charge in [0.1, 0.15) is 0 Å². The van der Waals surface area contributed by atoms with E-state index in [0.29, 0.717) is 19.0 Å². The van der Waals surface area contributed by atoms with Crippen LogP contribution in [0, 0.1) is 5.92 Å². The Bertz CT molecular complexity index is 402. The van der Waals surface area contributed by atoms with Crippen molar-refractivity contribution in [3.8, 4) is 0 Å². The first-order valence-corrected chi connectivity index (χ1v) is 6.50. The van der Waals surface area contributed by atoms with E-state index in [2.05, 4.69) is 5.32 Å². The molecule has 0 aliphatic carbocycles. The predicted octanol–water partition coefficient (Wildman–Crippen LogP) is 2.36. The molecule has 0 unspecified atom stereocenters. The van der Waals surface area contributed by atoms with Gasteiger partial charge < -0.3 is 15.3 Å². The van der Waals surface area contributed by atoms with Crippen molar-refractivity contribution in [3.63, 3.8) is 0 Å². The van der Waals surface area contributed by atoms with Crippen LogP contribution >= 0.6 is 0 Å². The largest absolute Gasteiger partial charge is 0.395 e. The highest BCUT2D eigenvalue weighted by Gasteiger charge is 2.11. The van der Waals surface area contributed by atoms with Crippen LogP contribution in [-0.2, 0) is 6.54 Å². The zero-order chi connectivity index (χ0) is 14.1. The molecule has 104 valence electrons. The summed E-state index contributed by atoms with van der Waals surface area (Å²) in [5, 5.41) is 11.8. The summed E-state index contributed by atoms with van der Waals surface area (Å²) in [5.74, 6) is 0.390. The van der Waals surface area contributed by atoms with Crippen LogP contribution in [0.2, 0.25) is 0 Å². The molecule has 0 saturated carbocycles. The van der Waals surface area contributed by atoms with Crippen molar-refractivity contribution in [2.24, 2.45) is 5.92 Å². The lowest BCUT2D eigenvalue weighted by atomic mass is 10.2. The zero-order valence-corrected chi connectivity index (χ0v) is 11.5. The van der Waals surface area contributed by atoms with Gasteiger partial charge >= 0.3 is 6.03 Å². The predicted molar refractivity (Wildman–Crippen MR) is 76.4 cm³/mol. The van der Waals surface area contributed by atoms with E-state index in [1.165, 1.54) is 0 Å². The Labute approximate surface area is 114 Å². The van der Waals surface area contributed by atoms with Crippen LogP contribution in [-0.4, -0.2) is 29.2 Å². The van der Waals surface area contributed by atoms with Gasteiger partial charge in [-0.25, -0.2) is 4.79 Å². The molecule has 4 heteroatoms. The highest BCUT2D eigenvalue weighted by molar-refractivity contribution is 5.75. The van der Waals surface area contributed by atoms with Crippen LogP contribution in [0.15, 0.2) is 42.6 Å². The molecule has 0 aliphatic rings. The van der Waals surface area contributed by atoms with E-state index >= 15 is 0 Å². The molecule has 0 saturated heterocycles. The second kappa shape index (κ2) is 8.32. The first-order chi connectivity index (χ1) is 9.13. The number of amides is 2. The summed E-state index contributed by atoms with van der Waals surface area (Å²) in [6.45, 7) is 4.84. The highest BCUT2D eigenvalue weighted by atomic mass is 16.3. The summed E-state index contributed by atoms with van der Waals surface area (Å²) in [6.07, 6.45) is 3.57. The lowest BCUT2D eigenvalue weighted by Gasteiger charge is -2.21. The number of rotatable bonds is 6. The molecular formula is C15H22N2O2. The Morgan fingerprint density at radius 3 is 2.63 bits per heavy atom. The van der Waals surface area contributed by atoms with Crippen LogP contribution in [0.5, 0.6) is 0 Å². The van der Waals surface area contributed by atoms with E-state index < -0.39 is 0 Å². The maximum atomic E-state index is 12.0. The minimum Gasteiger partial charge on any atom is -0.395 e. The number of allylic oxidation sites excluding steroid dienone is 1. The van der Waals surface area contributed by atoms with Crippen LogP contribution in [0.4, 0.5) is 4.79 Å². The number of urea groups is 1. The first kappa shape index (κ1) is 15.2.